The summed E-state index contributed by atoms with van der Waals surface area (Å²) in [5.41, 5.74) is 0.860. The van der Waals surface area contributed by atoms with Crippen LogP contribution >= 0.6 is 0 Å². The molecule has 1 aliphatic rings. The van der Waals surface area contributed by atoms with E-state index in [4.69, 9.17) is 5.11 Å². The largest absolute Gasteiger partial charge is 0.481 e. The molecule has 1 aromatic carbocycles. The molecule has 1 heterocycles. The van der Waals surface area contributed by atoms with E-state index < -0.39 is 23.8 Å². The molecule has 0 spiro atoms. The van der Waals surface area contributed by atoms with Crippen LogP contribution in [0.5, 0.6) is 0 Å². The number of hydrazone groups is 1. The summed E-state index contributed by atoms with van der Waals surface area (Å²) in [5, 5.41) is 16.8. The monoisotopic (exact) mass is 349 g/mol. The van der Waals surface area contributed by atoms with Crippen LogP contribution in [-0.4, -0.2) is 39.7 Å². The van der Waals surface area contributed by atoms with Gasteiger partial charge in [0, 0.05) is 18.9 Å². The first-order valence-electron chi connectivity index (χ1n) is 7.94. The number of amides is 2. The zero-order chi connectivity index (χ0) is 18.6. The van der Waals surface area contributed by atoms with E-state index in [1.165, 1.54) is 24.1 Å². The Morgan fingerprint density at radius 2 is 1.92 bits per heavy atom. The standard InChI is InChI=1S/C17H20FN3O4/c1-10(17(24)25)11(2)19-16(23)14-7-8-15(22)21(20-14)9-12-3-5-13(18)6-4-12/h3-6,10-11H,7-9H2,1-2H3,(H,19,23)(H,24,25). The van der Waals surface area contributed by atoms with Gasteiger partial charge in [-0.15, -0.1) is 0 Å². The Hall–Kier alpha value is -2.77. The Bertz CT molecular complexity index is 702. The van der Waals surface area contributed by atoms with Crippen molar-refractivity contribution in [3.63, 3.8) is 0 Å². The van der Waals surface area contributed by atoms with E-state index in [2.05, 4.69) is 10.4 Å². The van der Waals surface area contributed by atoms with Crippen molar-refractivity contribution in [2.45, 2.75) is 39.3 Å². The Kier molecular flexibility index (Phi) is 5.84. The molecule has 0 aliphatic carbocycles. The van der Waals surface area contributed by atoms with Gasteiger partial charge < -0.3 is 10.4 Å². The van der Waals surface area contributed by atoms with Crippen molar-refractivity contribution in [1.29, 1.82) is 0 Å². The summed E-state index contributed by atoms with van der Waals surface area (Å²) >= 11 is 0. The lowest BCUT2D eigenvalue weighted by Gasteiger charge is -2.24. The van der Waals surface area contributed by atoms with Gasteiger partial charge in [-0.25, -0.2) is 9.40 Å². The molecule has 25 heavy (non-hydrogen) atoms. The highest BCUT2D eigenvalue weighted by atomic mass is 19.1. The van der Waals surface area contributed by atoms with E-state index in [-0.39, 0.29) is 36.8 Å². The molecule has 134 valence electrons. The first-order valence-corrected chi connectivity index (χ1v) is 7.94. The molecule has 8 heteroatoms. The smallest absolute Gasteiger partial charge is 0.308 e. The number of benzene rings is 1. The number of hydrogen-bond donors (Lipinski definition) is 2. The quantitative estimate of drug-likeness (QED) is 0.813. The summed E-state index contributed by atoms with van der Waals surface area (Å²) in [5.74, 6) is -2.85. The molecule has 0 radical (unpaired) electrons. The highest BCUT2D eigenvalue weighted by molar-refractivity contribution is 6.39. The summed E-state index contributed by atoms with van der Waals surface area (Å²) in [6, 6.07) is 5.09. The van der Waals surface area contributed by atoms with Crippen LogP contribution in [0.25, 0.3) is 0 Å². The van der Waals surface area contributed by atoms with Crippen molar-refractivity contribution < 1.29 is 23.9 Å². The normalized spacial score (nSPS) is 16.8. The van der Waals surface area contributed by atoms with Crippen LogP contribution in [-0.2, 0) is 20.9 Å². The van der Waals surface area contributed by atoms with Crippen LogP contribution < -0.4 is 5.32 Å². The topological polar surface area (TPSA) is 99.1 Å². The SMILES string of the molecule is CC(NC(=O)C1=NN(Cc2ccc(F)cc2)C(=O)CC1)C(C)C(=O)O. The molecule has 0 fully saturated rings. The molecule has 0 saturated carbocycles. The van der Waals surface area contributed by atoms with Gasteiger partial charge in [0.25, 0.3) is 5.91 Å². The van der Waals surface area contributed by atoms with E-state index in [0.29, 0.717) is 5.56 Å². The van der Waals surface area contributed by atoms with Crippen LogP contribution in [0.1, 0.15) is 32.3 Å². The zero-order valence-electron chi connectivity index (χ0n) is 14.0. The highest BCUT2D eigenvalue weighted by Crippen LogP contribution is 2.15. The van der Waals surface area contributed by atoms with Crippen molar-refractivity contribution in [2.75, 3.05) is 0 Å². The molecule has 2 rings (SSSR count). The maximum absolute atomic E-state index is 13.0. The number of carbonyl (C=O) groups excluding carboxylic acids is 2. The molecule has 2 atom stereocenters. The number of hydrogen-bond acceptors (Lipinski definition) is 4. The number of carboxylic acids is 1. The average molecular weight is 349 g/mol. The lowest BCUT2D eigenvalue weighted by Crippen LogP contribution is -2.45. The fraction of sp³-hybridized carbons (Fsp3) is 0.412. The maximum Gasteiger partial charge on any atom is 0.308 e. The predicted octanol–water partition coefficient (Wildman–Crippen LogP) is 1.53. The van der Waals surface area contributed by atoms with Crippen molar-refractivity contribution in [3.05, 3.63) is 35.6 Å². The van der Waals surface area contributed by atoms with Gasteiger partial charge >= 0.3 is 5.97 Å². The summed E-state index contributed by atoms with van der Waals surface area (Å²) < 4.78 is 13.0. The second-order valence-corrected chi connectivity index (χ2v) is 6.01. The van der Waals surface area contributed by atoms with E-state index in [0.717, 1.165) is 0 Å². The van der Waals surface area contributed by atoms with E-state index in [1.807, 2.05) is 0 Å². The van der Waals surface area contributed by atoms with Gasteiger partial charge in [0.2, 0.25) is 5.91 Å². The Labute approximate surface area is 144 Å². The molecule has 2 unspecified atom stereocenters. The number of carboxylic acid groups (broad SMARTS) is 1. The van der Waals surface area contributed by atoms with Crippen LogP contribution in [0.4, 0.5) is 4.39 Å². The van der Waals surface area contributed by atoms with Gasteiger partial charge in [-0.3, -0.25) is 14.4 Å². The van der Waals surface area contributed by atoms with Crippen LogP contribution in [0, 0.1) is 11.7 Å². The predicted molar refractivity (Wildman–Crippen MR) is 88.0 cm³/mol. The minimum atomic E-state index is -1.01. The number of aliphatic carboxylic acids is 1. The highest BCUT2D eigenvalue weighted by Gasteiger charge is 2.27. The molecular weight excluding hydrogens is 329 g/mol. The van der Waals surface area contributed by atoms with Gasteiger partial charge in [0.05, 0.1) is 12.5 Å². The van der Waals surface area contributed by atoms with Gasteiger partial charge in [0.15, 0.2) is 0 Å². The lowest BCUT2D eigenvalue weighted by atomic mass is 10.0. The van der Waals surface area contributed by atoms with Gasteiger partial charge in [-0.05, 0) is 31.5 Å². The lowest BCUT2D eigenvalue weighted by molar-refractivity contribution is -0.142. The number of rotatable bonds is 6. The second kappa shape index (κ2) is 7.87. The number of halogens is 1. The summed E-state index contributed by atoms with van der Waals surface area (Å²) in [7, 11) is 0. The maximum atomic E-state index is 13.0. The van der Waals surface area contributed by atoms with Crippen LogP contribution in [0.3, 0.4) is 0 Å². The minimum Gasteiger partial charge on any atom is -0.481 e. The third-order valence-corrected chi connectivity index (χ3v) is 4.11. The second-order valence-electron chi connectivity index (χ2n) is 6.01. The zero-order valence-corrected chi connectivity index (χ0v) is 14.0. The molecule has 1 aliphatic heterocycles. The molecule has 0 saturated heterocycles. The fourth-order valence-corrected chi connectivity index (χ4v) is 2.28. The summed E-state index contributed by atoms with van der Waals surface area (Å²) in [6.07, 6.45) is 0.328. The van der Waals surface area contributed by atoms with E-state index in [1.54, 1.807) is 19.1 Å². The summed E-state index contributed by atoms with van der Waals surface area (Å²) in [6.45, 7) is 3.23. The van der Waals surface area contributed by atoms with Crippen molar-refractivity contribution in [1.82, 2.24) is 10.3 Å². The summed E-state index contributed by atoms with van der Waals surface area (Å²) in [4.78, 5) is 35.2. The van der Waals surface area contributed by atoms with E-state index in [9.17, 15) is 18.8 Å². The van der Waals surface area contributed by atoms with Crippen LogP contribution in [0.2, 0.25) is 0 Å². The Balaban J connectivity index is 2.07. The fourth-order valence-electron chi connectivity index (χ4n) is 2.28. The third kappa shape index (κ3) is 4.85. The molecular formula is C17H20FN3O4. The Morgan fingerprint density at radius 1 is 1.28 bits per heavy atom. The van der Waals surface area contributed by atoms with Crippen LogP contribution in [0.15, 0.2) is 29.4 Å². The van der Waals surface area contributed by atoms with Crippen molar-refractivity contribution >= 4 is 23.5 Å². The van der Waals surface area contributed by atoms with Gasteiger partial charge in [0.1, 0.15) is 11.5 Å². The molecule has 0 bridgehead atoms. The molecule has 2 amide bonds. The first kappa shape index (κ1) is 18.6. The Morgan fingerprint density at radius 3 is 2.52 bits per heavy atom. The van der Waals surface area contributed by atoms with E-state index >= 15 is 0 Å². The molecule has 0 aromatic heterocycles. The number of carbonyl (C=O) groups is 3. The number of nitrogens with one attached hydrogen (secondary N) is 1. The van der Waals surface area contributed by atoms with Crippen molar-refractivity contribution in [3.8, 4) is 0 Å². The first-order chi connectivity index (χ1) is 11.8. The molecule has 7 nitrogen and oxygen atoms in total. The minimum absolute atomic E-state index is 0.135. The molecule has 2 N–H and O–H groups in total. The van der Waals surface area contributed by atoms with Gasteiger partial charge in [-0.2, -0.15) is 5.10 Å². The number of nitrogens with zero attached hydrogens (tertiary/aromatic N) is 2. The molecule has 1 aromatic rings. The average Bonchev–Trinajstić information content (AvgIpc) is 2.57. The van der Waals surface area contributed by atoms with Gasteiger partial charge in [-0.1, -0.05) is 12.1 Å². The third-order valence-electron chi connectivity index (χ3n) is 4.11. The van der Waals surface area contributed by atoms with Crippen molar-refractivity contribution in [2.24, 2.45) is 11.0 Å².